The molecule has 6 heteroatoms. The van der Waals surface area contributed by atoms with Gasteiger partial charge in [0.25, 0.3) is 5.91 Å². The van der Waals surface area contributed by atoms with Gasteiger partial charge in [0.1, 0.15) is 0 Å². The van der Waals surface area contributed by atoms with Crippen LogP contribution in [0.3, 0.4) is 0 Å². The Balaban J connectivity index is 1.98. The number of thioether (sulfide) groups is 1. The predicted molar refractivity (Wildman–Crippen MR) is 101 cm³/mol. The summed E-state index contributed by atoms with van der Waals surface area (Å²) in [5.41, 5.74) is 9.21. The van der Waals surface area contributed by atoms with Crippen molar-refractivity contribution in [3.63, 3.8) is 0 Å². The van der Waals surface area contributed by atoms with Gasteiger partial charge in [-0.15, -0.1) is 0 Å². The molecule has 1 heterocycles. The van der Waals surface area contributed by atoms with Crippen LogP contribution in [0.25, 0.3) is 0 Å². The molecule has 0 radical (unpaired) electrons. The van der Waals surface area contributed by atoms with E-state index in [0.717, 1.165) is 16.9 Å². The normalized spacial score (nSPS) is 14.4. The standard InChI is InChI=1S/C19H22N2O3S/c1-23-16-8-7-12(9-17(16)24-2)15(11-25-3)21-10-13-5-4-6-14(20)18(13)19(21)22/h4-9,15H,10-11,20H2,1-3H3. The third-order valence-corrected chi connectivity index (χ3v) is 5.14. The molecule has 0 aromatic heterocycles. The zero-order valence-corrected chi connectivity index (χ0v) is 15.4. The van der Waals surface area contributed by atoms with Crippen molar-refractivity contribution < 1.29 is 14.3 Å². The van der Waals surface area contributed by atoms with Gasteiger partial charge in [0.15, 0.2) is 11.5 Å². The second-order valence-corrected chi connectivity index (χ2v) is 6.81. The fourth-order valence-corrected chi connectivity index (χ4v) is 3.94. The third-order valence-electron chi connectivity index (χ3n) is 4.49. The first-order valence-electron chi connectivity index (χ1n) is 8.00. The van der Waals surface area contributed by atoms with Gasteiger partial charge < -0.3 is 20.1 Å². The average Bonchev–Trinajstić information content (AvgIpc) is 2.97. The monoisotopic (exact) mass is 358 g/mol. The maximum Gasteiger partial charge on any atom is 0.257 e. The summed E-state index contributed by atoms with van der Waals surface area (Å²) in [6.45, 7) is 0.568. The molecule has 2 aromatic carbocycles. The number of methoxy groups -OCH3 is 2. The second kappa shape index (κ2) is 7.27. The van der Waals surface area contributed by atoms with Crippen molar-refractivity contribution in [1.29, 1.82) is 0 Å². The number of nitrogens with zero attached hydrogens (tertiary/aromatic N) is 1. The maximum atomic E-state index is 13.0. The van der Waals surface area contributed by atoms with Gasteiger partial charge in [-0.2, -0.15) is 11.8 Å². The van der Waals surface area contributed by atoms with Crippen LogP contribution in [0.5, 0.6) is 11.5 Å². The highest BCUT2D eigenvalue weighted by molar-refractivity contribution is 7.98. The molecule has 0 saturated heterocycles. The molecule has 2 aromatic rings. The van der Waals surface area contributed by atoms with E-state index in [-0.39, 0.29) is 11.9 Å². The minimum Gasteiger partial charge on any atom is -0.493 e. The van der Waals surface area contributed by atoms with Crippen molar-refractivity contribution >= 4 is 23.4 Å². The van der Waals surface area contributed by atoms with Crippen molar-refractivity contribution in [2.45, 2.75) is 12.6 Å². The number of ether oxygens (including phenoxy) is 2. The highest BCUT2D eigenvalue weighted by atomic mass is 32.2. The van der Waals surface area contributed by atoms with Gasteiger partial charge in [-0.3, -0.25) is 4.79 Å². The number of nitrogens with two attached hydrogens (primary N) is 1. The fourth-order valence-electron chi connectivity index (χ4n) is 3.25. The summed E-state index contributed by atoms with van der Waals surface area (Å²) in [6.07, 6.45) is 2.04. The van der Waals surface area contributed by atoms with Crippen molar-refractivity contribution in [2.75, 3.05) is 32.0 Å². The molecule has 0 aliphatic carbocycles. The fraction of sp³-hybridized carbons (Fsp3) is 0.316. The average molecular weight is 358 g/mol. The molecule has 1 unspecified atom stereocenters. The highest BCUT2D eigenvalue weighted by Gasteiger charge is 2.34. The molecular formula is C19H22N2O3S. The lowest BCUT2D eigenvalue weighted by Gasteiger charge is -2.28. The van der Waals surface area contributed by atoms with Gasteiger partial charge in [-0.1, -0.05) is 18.2 Å². The zero-order chi connectivity index (χ0) is 18.0. The minimum absolute atomic E-state index is 0.0121. The molecule has 3 rings (SSSR count). The van der Waals surface area contributed by atoms with Crippen LogP contribution in [-0.4, -0.2) is 37.0 Å². The first-order chi connectivity index (χ1) is 12.1. The molecule has 1 atom stereocenters. The van der Waals surface area contributed by atoms with Crippen LogP contribution in [0.15, 0.2) is 36.4 Å². The number of hydrogen-bond donors (Lipinski definition) is 1. The van der Waals surface area contributed by atoms with Gasteiger partial charge >= 0.3 is 0 Å². The van der Waals surface area contributed by atoms with E-state index in [0.29, 0.717) is 29.3 Å². The SMILES string of the molecule is COc1ccc(C(CSC)N2Cc3cccc(N)c3C2=O)cc1OC. The lowest BCUT2D eigenvalue weighted by atomic mass is 10.1. The Morgan fingerprint density at radius 3 is 2.60 bits per heavy atom. The number of rotatable bonds is 6. The molecule has 0 fully saturated rings. The Bertz CT molecular complexity index is 794. The number of fused-ring (bicyclic) bond motifs is 1. The number of anilines is 1. The van der Waals surface area contributed by atoms with Crippen LogP contribution in [0.4, 0.5) is 5.69 Å². The van der Waals surface area contributed by atoms with E-state index in [1.807, 2.05) is 41.5 Å². The number of benzene rings is 2. The quantitative estimate of drug-likeness (QED) is 0.802. The molecule has 0 saturated carbocycles. The number of carbonyl (C=O) groups excluding carboxylic acids is 1. The summed E-state index contributed by atoms with van der Waals surface area (Å²) in [7, 11) is 3.23. The van der Waals surface area contributed by atoms with Crippen LogP contribution >= 0.6 is 11.8 Å². The predicted octanol–water partition coefficient (Wildman–Crippen LogP) is 3.35. The van der Waals surface area contributed by atoms with Gasteiger partial charge in [0.2, 0.25) is 0 Å². The zero-order valence-electron chi connectivity index (χ0n) is 14.6. The molecule has 0 spiro atoms. The van der Waals surface area contributed by atoms with Crippen LogP contribution in [-0.2, 0) is 6.54 Å². The minimum atomic E-state index is -0.0610. The van der Waals surface area contributed by atoms with E-state index < -0.39 is 0 Å². The maximum absolute atomic E-state index is 13.0. The molecule has 5 nitrogen and oxygen atoms in total. The Morgan fingerprint density at radius 2 is 1.96 bits per heavy atom. The van der Waals surface area contributed by atoms with E-state index >= 15 is 0 Å². The summed E-state index contributed by atoms with van der Waals surface area (Å²) in [5, 5.41) is 0. The molecule has 1 aliphatic heterocycles. The Kier molecular flexibility index (Phi) is 5.08. The summed E-state index contributed by atoms with van der Waals surface area (Å²) in [5.74, 6) is 2.11. The lowest BCUT2D eigenvalue weighted by Crippen LogP contribution is -2.31. The molecule has 2 N–H and O–H groups in total. The van der Waals surface area contributed by atoms with Crippen molar-refractivity contribution in [3.8, 4) is 11.5 Å². The van der Waals surface area contributed by atoms with E-state index in [4.69, 9.17) is 15.2 Å². The summed E-state index contributed by atoms with van der Waals surface area (Å²) < 4.78 is 10.7. The van der Waals surface area contributed by atoms with E-state index in [1.165, 1.54) is 0 Å². The molecule has 1 amide bonds. The third kappa shape index (κ3) is 3.14. The van der Waals surface area contributed by atoms with Crippen molar-refractivity contribution in [3.05, 3.63) is 53.1 Å². The molecular weight excluding hydrogens is 336 g/mol. The first kappa shape index (κ1) is 17.5. The van der Waals surface area contributed by atoms with E-state index in [1.54, 1.807) is 32.0 Å². The molecule has 132 valence electrons. The van der Waals surface area contributed by atoms with Crippen LogP contribution in [0, 0.1) is 0 Å². The summed E-state index contributed by atoms with van der Waals surface area (Å²) in [4.78, 5) is 14.9. The molecule has 1 aliphatic rings. The Morgan fingerprint density at radius 1 is 1.20 bits per heavy atom. The Labute approximate surface area is 152 Å². The lowest BCUT2D eigenvalue weighted by molar-refractivity contribution is 0.0720. The summed E-state index contributed by atoms with van der Waals surface area (Å²) in [6, 6.07) is 11.4. The van der Waals surface area contributed by atoms with E-state index in [2.05, 4.69) is 0 Å². The molecule has 25 heavy (non-hydrogen) atoms. The second-order valence-electron chi connectivity index (χ2n) is 5.90. The number of carbonyl (C=O) groups is 1. The van der Waals surface area contributed by atoms with E-state index in [9.17, 15) is 4.79 Å². The van der Waals surface area contributed by atoms with Gasteiger partial charge in [-0.05, 0) is 35.6 Å². The van der Waals surface area contributed by atoms with Gasteiger partial charge in [-0.25, -0.2) is 0 Å². The van der Waals surface area contributed by atoms with Crippen LogP contribution in [0.1, 0.15) is 27.5 Å². The number of nitrogen functional groups attached to an aromatic ring is 1. The molecule has 0 bridgehead atoms. The van der Waals surface area contributed by atoms with Crippen LogP contribution in [0.2, 0.25) is 0 Å². The first-order valence-corrected chi connectivity index (χ1v) is 9.39. The van der Waals surface area contributed by atoms with Gasteiger partial charge in [0, 0.05) is 18.0 Å². The topological polar surface area (TPSA) is 64.8 Å². The highest BCUT2D eigenvalue weighted by Crippen LogP contribution is 2.38. The van der Waals surface area contributed by atoms with Gasteiger partial charge in [0.05, 0.1) is 25.8 Å². The Hall–Kier alpha value is -2.34. The van der Waals surface area contributed by atoms with Crippen molar-refractivity contribution in [1.82, 2.24) is 4.90 Å². The number of amides is 1. The van der Waals surface area contributed by atoms with Crippen LogP contribution < -0.4 is 15.2 Å². The largest absolute Gasteiger partial charge is 0.493 e. The smallest absolute Gasteiger partial charge is 0.257 e. The summed E-state index contributed by atoms with van der Waals surface area (Å²) >= 11 is 1.70. The number of hydrogen-bond acceptors (Lipinski definition) is 5. The van der Waals surface area contributed by atoms with Crippen molar-refractivity contribution in [2.24, 2.45) is 0 Å².